The predicted molar refractivity (Wildman–Crippen MR) is 38.9 cm³/mol. The van der Waals surface area contributed by atoms with Crippen LogP contribution in [0.1, 0.15) is 19.8 Å². The highest BCUT2D eigenvalue weighted by atomic mass is 16.2. The minimum absolute atomic E-state index is 0.241. The molecule has 0 bridgehead atoms. The number of unbranched alkanes of at least 4 members (excludes halogenated alkanes) is 1. The third-order valence-electron chi connectivity index (χ3n) is 0.812. The Kier molecular flexibility index (Phi) is 6.66. The SMILES string of the molecule is C/C=C\C#CCCCO. The van der Waals surface area contributed by atoms with E-state index in [2.05, 4.69) is 11.8 Å². The maximum atomic E-state index is 8.34. The van der Waals surface area contributed by atoms with Gasteiger partial charge >= 0.3 is 0 Å². The Labute approximate surface area is 56.4 Å². The van der Waals surface area contributed by atoms with Crippen LogP contribution in [0.3, 0.4) is 0 Å². The van der Waals surface area contributed by atoms with E-state index in [0.29, 0.717) is 0 Å². The normalized spacial score (nSPS) is 9.11. The van der Waals surface area contributed by atoms with Gasteiger partial charge in [0.05, 0.1) is 0 Å². The number of aliphatic hydroxyl groups is 1. The fraction of sp³-hybridized carbons (Fsp3) is 0.500. The number of rotatable bonds is 2. The summed E-state index contributed by atoms with van der Waals surface area (Å²) in [6.07, 6.45) is 5.27. The van der Waals surface area contributed by atoms with Gasteiger partial charge < -0.3 is 5.11 Å². The first kappa shape index (κ1) is 8.26. The largest absolute Gasteiger partial charge is 0.396 e. The van der Waals surface area contributed by atoms with Crippen LogP contribution in [0.5, 0.6) is 0 Å². The molecule has 1 heteroatoms. The maximum Gasteiger partial charge on any atom is 0.0440 e. The zero-order chi connectivity index (χ0) is 6.95. The van der Waals surface area contributed by atoms with E-state index < -0.39 is 0 Å². The van der Waals surface area contributed by atoms with E-state index >= 15 is 0 Å². The van der Waals surface area contributed by atoms with E-state index in [1.54, 1.807) is 6.08 Å². The molecule has 0 unspecified atom stereocenters. The zero-order valence-electron chi connectivity index (χ0n) is 5.72. The molecule has 0 aliphatic rings. The lowest BCUT2D eigenvalue weighted by molar-refractivity contribution is 0.290. The predicted octanol–water partition coefficient (Wildman–Crippen LogP) is 1.34. The van der Waals surface area contributed by atoms with Crippen LogP contribution >= 0.6 is 0 Å². The van der Waals surface area contributed by atoms with Gasteiger partial charge in [-0.05, 0) is 19.4 Å². The minimum atomic E-state index is 0.241. The Bertz CT molecular complexity index is 125. The van der Waals surface area contributed by atoms with Gasteiger partial charge in [0.15, 0.2) is 0 Å². The molecular formula is C8H12O. The van der Waals surface area contributed by atoms with Crippen LogP contribution in [0.2, 0.25) is 0 Å². The van der Waals surface area contributed by atoms with Crippen molar-refractivity contribution in [1.29, 1.82) is 0 Å². The first-order valence-corrected chi connectivity index (χ1v) is 3.12. The summed E-state index contributed by atoms with van der Waals surface area (Å²) in [5.41, 5.74) is 0. The Morgan fingerprint density at radius 1 is 1.56 bits per heavy atom. The van der Waals surface area contributed by atoms with E-state index in [0.717, 1.165) is 12.8 Å². The molecule has 1 nitrogen and oxygen atoms in total. The molecule has 1 N–H and O–H groups in total. The molecule has 0 amide bonds. The van der Waals surface area contributed by atoms with E-state index in [1.807, 2.05) is 13.0 Å². The molecule has 0 fully saturated rings. The molecule has 0 aromatic carbocycles. The summed E-state index contributed by atoms with van der Waals surface area (Å²) >= 11 is 0. The third kappa shape index (κ3) is 7.26. The number of hydrogen-bond donors (Lipinski definition) is 1. The summed E-state index contributed by atoms with van der Waals surface area (Å²) in [6.45, 7) is 2.17. The van der Waals surface area contributed by atoms with Gasteiger partial charge in [0, 0.05) is 13.0 Å². The van der Waals surface area contributed by atoms with Crippen molar-refractivity contribution >= 4 is 0 Å². The molecule has 0 saturated carbocycles. The highest BCUT2D eigenvalue weighted by Gasteiger charge is 1.74. The van der Waals surface area contributed by atoms with Crippen molar-refractivity contribution < 1.29 is 5.11 Å². The van der Waals surface area contributed by atoms with Crippen molar-refractivity contribution in [2.45, 2.75) is 19.8 Å². The average Bonchev–Trinajstić information content (AvgIpc) is 1.89. The van der Waals surface area contributed by atoms with E-state index in [-0.39, 0.29) is 6.61 Å². The second-order valence-electron chi connectivity index (χ2n) is 1.65. The summed E-state index contributed by atoms with van der Waals surface area (Å²) in [5, 5.41) is 8.34. The van der Waals surface area contributed by atoms with Gasteiger partial charge in [0.25, 0.3) is 0 Å². The molecule has 9 heavy (non-hydrogen) atoms. The van der Waals surface area contributed by atoms with Gasteiger partial charge in [-0.2, -0.15) is 0 Å². The van der Waals surface area contributed by atoms with Crippen molar-refractivity contribution in [1.82, 2.24) is 0 Å². The zero-order valence-corrected chi connectivity index (χ0v) is 5.72. The van der Waals surface area contributed by atoms with E-state index in [1.165, 1.54) is 0 Å². The topological polar surface area (TPSA) is 20.2 Å². The molecule has 0 saturated heterocycles. The molecule has 0 aromatic rings. The molecule has 0 spiro atoms. The molecule has 0 radical (unpaired) electrons. The molecule has 0 aromatic heterocycles. The quantitative estimate of drug-likeness (QED) is 0.435. The summed E-state index contributed by atoms with van der Waals surface area (Å²) in [6, 6.07) is 0. The smallest absolute Gasteiger partial charge is 0.0440 e. The highest BCUT2D eigenvalue weighted by molar-refractivity contribution is 5.14. The molecular weight excluding hydrogens is 112 g/mol. The summed E-state index contributed by atoms with van der Waals surface area (Å²) < 4.78 is 0. The Hall–Kier alpha value is -0.740. The van der Waals surface area contributed by atoms with Gasteiger partial charge in [0.2, 0.25) is 0 Å². The summed E-state index contributed by atoms with van der Waals surface area (Å²) in [7, 11) is 0. The minimum Gasteiger partial charge on any atom is -0.396 e. The van der Waals surface area contributed by atoms with E-state index in [9.17, 15) is 0 Å². The monoisotopic (exact) mass is 124 g/mol. The lowest BCUT2D eigenvalue weighted by Gasteiger charge is -1.81. The van der Waals surface area contributed by atoms with Crippen LogP contribution in [0.25, 0.3) is 0 Å². The average molecular weight is 124 g/mol. The highest BCUT2D eigenvalue weighted by Crippen LogP contribution is 1.81. The van der Waals surface area contributed by atoms with Crippen LogP contribution in [0.15, 0.2) is 12.2 Å². The lowest BCUT2D eigenvalue weighted by Crippen LogP contribution is -1.77. The summed E-state index contributed by atoms with van der Waals surface area (Å²) in [5.74, 6) is 5.72. The second kappa shape index (κ2) is 7.26. The van der Waals surface area contributed by atoms with Gasteiger partial charge in [-0.25, -0.2) is 0 Å². The van der Waals surface area contributed by atoms with Crippen molar-refractivity contribution in [2.75, 3.05) is 6.61 Å². The van der Waals surface area contributed by atoms with Gasteiger partial charge in [-0.15, -0.1) is 0 Å². The third-order valence-corrected chi connectivity index (χ3v) is 0.812. The van der Waals surface area contributed by atoms with Crippen molar-refractivity contribution in [3.05, 3.63) is 12.2 Å². The Balaban J connectivity index is 3.16. The first-order chi connectivity index (χ1) is 4.41. The molecule has 0 rings (SSSR count). The Morgan fingerprint density at radius 3 is 2.89 bits per heavy atom. The van der Waals surface area contributed by atoms with Crippen LogP contribution in [0.4, 0.5) is 0 Å². The summed E-state index contributed by atoms with van der Waals surface area (Å²) in [4.78, 5) is 0. The molecule has 0 aliphatic heterocycles. The van der Waals surface area contributed by atoms with Crippen molar-refractivity contribution in [2.24, 2.45) is 0 Å². The number of hydrogen-bond acceptors (Lipinski definition) is 1. The van der Waals surface area contributed by atoms with Gasteiger partial charge in [-0.1, -0.05) is 17.9 Å². The van der Waals surface area contributed by atoms with Crippen LogP contribution in [-0.2, 0) is 0 Å². The number of aliphatic hydroxyl groups excluding tert-OH is 1. The van der Waals surface area contributed by atoms with Gasteiger partial charge in [-0.3, -0.25) is 0 Å². The van der Waals surface area contributed by atoms with Crippen molar-refractivity contribution in [3.63, 3.8) is 0 Å². The molecule has 0 aliphatic carbocycles. The molecule has 50 valence electrons. The van der Waals surface area contributed by atoms with Crippen molar-refractivity contribution in [3.8, 4) is 11.8 Å². The number of allylic oxidation sites excluding steroid dienone is 2. The van der Waals surface area contributed by atoms with Crippen LogP contribution < -0.4 is 0 Å². The van der Waals surface area contributed by atoms with Crippen LogP contribution in [0, 0.1) is 11.8 Å². The fourth-order valence-electron chi connectivity index (χ4n) is 0.382. The first-order valence-electron chi connectivity index (χ1n) is 3.12. The van der Waals surface area contributed by atoms with Crippen LogP contribution in [-0.4, -0.2) is 11.7 Å². The Morgan fingerprint density at radius 2 is 2.33 bits per heavy atom. The molecule has 0 atom stereocenters. The lowest BCUT2D eigenvalue weighted by atomic mass is 10.3. The molecule has 0 heterocycles. The maximum absolute atomic E-state index is 8.34. The van der Waals surface area contributed by atoms with E-state index in [4.69, 9.17) is 5.11 Å². The standard InChI is InChI=1S/C8H12O/c1-2-3-4-5-6-7-8-9/h2-3,9H,6-8H2,1H3/b3-2-. The fourth-order valence-corrected chi connectivity index (χ4v) is 0.382. The second-order valence-corrected chi connectivity index (χ2v) is 1.65. The van der Waals surface area contributed by atoms with Gasteiger partial charge in [0.1, 0.15) is 0 Å².